The van der Waals surface area contributed by atoms with E-state index in [1.54, 1.807) is 0 Å². The van der Waals surface area contributed by atoms with Gasteiger partial charge < -0.3 is 9.64 Å². The summed E-state index contributed by atoms with van der Waals surface area (Å²) in [6.07, 6.45) is 0. The number of fused-ring (bicyclic) bond motifs is 5. The van der Waals surface area contributed by atoms with Gasteiger partial charge in [0.2, 0.25) is 0 Å². The van der Waals surface area contributed by atoms with Crippen LogP contribution < -0.4 is 9.64 Å². The Kier molecular flexibility index (Phi) is 5.99. The fraction of sp³-hybridized carbons (Fsp3) is 0.0732. The highest BCUT2D eigenvalue weighted by Crippen LogP contribution is 2.51. The zero-order valence-corrected chi connectivity index (χ0v) is 26.3. The van der Waals surface area contributed by atoms with Gasteiger partial charge in [-0.15, -0.1) is 0 Å². The van der Waals surface area contributed by atoms with Crippen molar-refractivity contribution in [2.24, 2.45) is 0 Å². The lowest BCUT2D eigenvalue weighted by Gasteiger charge is -2.33. The van der Waals surface area contributed by atoms with Crippen LogP contribution in [0.2, 0.25) is 0 Å². The maximum atomic E-state index is 6.22. The van der Waals surface area contributed by atoms with Crippen molar-refractivity contribution >= 4 is 28.6 Å². The summed E-state index contributed by atoms with van der Waals surface area (Å²) in [4.78, 5) is 7.25. The average molecular weight is 612 g/mol. The molecule has 0 bridgehead atoms. The standard InChI is InChI=1S/C41H29N3OS/c1-41(2)33-13-4-3-12-31(33)32-25-29(22-23-34(32)41)39-42-40(46-43-39)27-20-18-26(19-21-27)28-10-9-11-30(24-28)44-35-14-5-7-16-37(35)45-38-17-8-6-15-36(38)44/h3-25H,1-2H3. The summed E-state index contributed by atoms with van der Waals surface area (Å²) < 4.78 is 11.0. The first-order valence-corrected chi connectivity index (χ1v) is 16.3. The third-order valence-electron chi connectivity index (χ3n) is 9.27. The van der Waals surface area contributed by atoms with E-state index in [-0.39, 0.29) is 5.41 Å². The van der Waals surface area contributed by atoms with Crippen molar-refractivity contribution in [2.45, 2.75) is 19.3 Å². The minimum Gasteiger partial charge on any atom is -0.453 e. The third-order valence-corrected chi connectivity index (χ3v) is 10.0. The van der Waals surface area contributed by atoms with Crippen LogP contribution in [0.3, 0.4) is 0 Å². The Morgan fingerprint density at radius 2 is 1.22 bits per heavy atom. The molecule has 0 spiro atoms. The molecule has 6 aromatic carbocycles. The highest BCUT2D eigenvalue weighted by Gasteiger charge is 2.35. The number of hydrogen-bond acceptors (Lipinski definition) is 5. The third kappa shape index (κ3) is 4.20. The molecule has 0 unspecified atom stereocenters. The van der Waals surface area contributed by atoms with Crippen LogP contribution in [0.5, 0.6) is 11.5 Å². The smallest absolute Gasteiger partial charge is 0.173 e. The quantitative estimate of drug-likeness (QED) is 0.198. The molecule has 4 nitrogen and oxygen atoms in total. The molecule has 2 aliphatic rings. The molecule has 0 radical (unpaired) electrons. The molecule has 0 N–H and O–H groups in total. The second-order valence-electron chi connectivity index (χ2n) is 12.4. The van der Waals surface area contributed by atoms with Gasteiger partial charge in [-0.1, -0.05) is 111 Å². The molecule has 0 fully saturated rings. The molecular weight excluding hydrogens is 583 g/mol. The van der Waals surface area contributed by atoms with Crippen LogP contribution >= 0.6 is 11.5 Å². The molecule has 220 valence electrons. The van der Waals surface area contributed by atoms with E-state index in [2.05, 4.69) is 134 Å². The molecule has 1 aliphatic carbocycles. The van der Waals surface area contributed by atoms with Gasteiger partial charge in [0.1, 0.15) is 5.01 Å². The van der Waals surface area contributed by atoms with Gasteiger partial charge in [0, 0.05) is 22.2 Å². The Morgan fingerprint density at radius 3 is 2.00 bits per heavy atom. The van der Waals surface area contributed by atoms with Crippen LogP contribution in [0.1, 0.15) is 25.0 Å². The first kappa shape index (κ1) is 26.8. The highest BCUT2D eigenvalue weighted by molar-refractivity contribution is 7.09. The molecule has 0 atom stereocenters. The van der Waals surface area contributed by atoms with Crippen molar-refractivity contribution in [1.82, 2.24) is 9.36 Å². The van der Waals surface area contributed by atoms with Gasteiger partial charge in [-0.05, 0) is 87.4 Å². The van der Waals surface area contributed by atoms with Gasteiger partial charge in [0.25, 0.3) is 0 Å². The largest absolute Gasteiger partial charge is 0.453 e. The van der Waals surface area contributed by atoms with Crippen molar-refractivity contribution < 1.29 is 4.74 Å². The highest BCUT2D eigenvalue weighted by atomic mass is 32.1. The Labute approximate surface area is 272 Å². The van der Waals surface area contributed by atoms with E-state index in [1.807, 2.05) is 24.3 Å². The van der Waals surface area contributed by atoms with Crippen LogP contribution in [0, 0.1) is 0 Å². The second kappa shape index (κ2) is 10.3. The fourth-order valence-electron chi connectivity index (χ4n) is 6.93. The zero-order chi connectivity index (χ0) is 30.8. The number of hydrogen-bond donors (Lipinski definition) is 0. The molecule has 0 saturated carbocycles. The topological polar surface area (TPSA) is 38.2 Å². The van der Waals surface area contributed by atoms with Crippen LogP contribution in [0.4, 0.5) is 17.1 Å². The molecule has 5 heteroatoms. The van der Waals surface area contributed by atoms with Crippen molar-refractivity contribution in [1.29, 1.82) is 0 Å². The van der Waals surface area contributed by atoms with E-state index in [0.29, 0.717) is 0 Å². The minimum atomic E-state index is -0.0104. The van der Waals surface area contributed by atoms with E-state index in [1.165, 1.54) is 33.8 Å². The summed E-state index contributed by atoms with van der Waals surface area (Å²) in [6.45, 7) is 4.61. The lowest BCUT2D eigenvalue weighted by atomic mass is 9.82. The first-order chi connectivity index (χ1) is 22.5. The predicted molar refractivity (Wildman–Crippen MR) is 189 cm³/mol. The van der Waals surface area contributed by atoms with Crippen LogP contribution in [0.25, 0.3) is 44.2 Å². The van der Waals surface area contributed by atoms with Crippen LogP contribution in [-0.2, 0) is 5.41 Å². The van der Waals surface area contributed by atoms with Crippen molar-refractivity contribution in [3.8, 4) is 55.7 Å². The Balaban J connectivity index is 1.01. The molecule has 9 rings (SSSR count). The number of rotatable bonds is 4. The van der Waals surface area contributed by atoms with Gasteiger partial charge in [-0.3, -0.25) is 0 Å². The van der Waals surface area contributed by atoms with Gasteiger partial charge >= 0.3 is 0 Å². The molecule has 0 saturated heterocycles. The average Bonchev–Trinajstić information content (AvgIpc) is 3.69. The van der Waals surface area contributed by atoms with E-state index in [4.69, 9.17) is 14.1 Å². The summed E-state index contributed by atoms with van der Waals surface area (Å²) in [6, 6.07) is 49.1. The van der Waals surface area contributed by atoms with Gasteiger partial charge in [0.05, 0.1) is 11.4 Å². The predicted octanol–water partition coefficient (Wildman–Crippen LogP) is 11.4. The normalized spacial score (nSPS) is 13.7. The lowest BCUT2D eigenvalue weighted by Crippen LogP contribution is -2.15. The van der Waals surface area contributed by atoms with Gasteiger partial charge in [-0.2, -0.15) is 4.37 Å². The number of nitrogens with zero attached hydrogens (tertiary/aromatic N) is 3. The fourth-order valence-corrected chi connectivity index (χ4v) is 7.62. The summed E-state index contributed by atoms with van der Waals surface area (Å²) in [5, 5.41) is 0.915. The molecular formula is C41H29N3OS. The molecule has 1 aromatic heterocycles. The number of ether oxygens (including phenoxy) is 1. The molecule has 7 aromatic rings. The number of para-hydroxylation sites is 4. The van der Waals surface area contributed by atoms with Crippen molar-refractivity contribution in [3.63, 3.8) is 0 Å². The molecule has 2 heterocycles. The number of aromatic nitrogens is 2. The summed E-state index contributed by atoms with van der Waals surface area (Å²) in [5.41, 5.74) is 12.8. The van der Waals surface area contributed by atoms with E-state index in [0.717, 1.165) is 61.6 Å². The Bertz CT molecular complexity index is 2240. The lowest BCUT2D eigenvalue weighted by molar-refractivity contribution is 0.477. The van der Waals surface area contributed by atoms with Crippen LogP contribution in [0.15, 0.2) is 140 Å². The molecule has 46 heavy (non-hydrogen) atoms. The van der Waals surface area contributed by atoms with Crippen molar-refractivity contribution in [3.05, 3.63) is 151 Å². The summed E-state index contributed by atoms with van der Waals surface area (Å²) in [5.74, 6) is 2.47. The minimum absolute atomic E-state index is 0.0104. The Morgan fingerprint density at radius 1 is 0.565 bits per heavy atom. The van der Waals surface area contributed by atoms with Gasteiger partial charge in [0.15, 0.2) is 17.3 Å². The number of anilines is 3. The maximum absolute atomic E-state index is 6.22. The van der Waals surface area contributed by atoms with Gasteiger partial charge in [-0.25, -0.2) is 4.98 Å². The van der Waals surface area contributed by atoms with Crippen molar-refractivity contribution in [2.75, 3.05) is 4.90 Å². The molecule has 0 amide bonds. The maximum Gasteiger partial charge on any atom is 0.173 e. The van der Waals surface area contributed by atoms with E-state index >= 15 is 0 Å². The molecule has 1 aliphatic heterocycles. The monoisotopic (exact) mass is 611 g/mol. The Hall–Kier alpha value is -5.52. The number of benzene rings is 6. The SMILES string of the molecule is CC1(C)c2ccccc2-c2cc(-c3nsc(-c4ccc(-c5cccc(N6c7ccccc7Oc7ccccc76)c5)cc4)n3)ccc21. The van der Waals surface area contributed by atoms with Crippen LogP contribution in [-0.4, -0.2) is 9.36 Å². The summed E-state index contributed by atoms with van der Waals surface area (Å²) >= 11 is 1.45. The zero-order valence-electron chi connectivity index (χ0n) is 25.4. The second-order valence-corrected chi connectivity index (χ2v) is 13.1. The van der Waals surface area contributed by atoms with E-state index in [9.17, 15) is 0 Å². The first-order valence-electron chi connectivity index (χ1n) is 15.5. The van der Waals surface area contributed by atoms with E-state index < -0.39 is 0 Å². The summed E-state index contributed by atoms with van der Waals surface area (Å²) in [7, 11) is 0.